The minimum atomic E-state index is -0.619. The summed E-state index contributed by atoms with van der Waals surface area (Å²) < 4.78 is 25.1. The fourth-order valence-electron chi connectivity index (χ4n) is 3.68. The fourth-order valence-corrected chi connectivity index (χ4v) is 3.68. The minimum Gasteiger partial charge on any atom is -0.347 e. The molecule has 3 rings (SSSR count). The lowest BCUT2D eigenvalue weighted by molar-refractivity contribution is -0.174. The third-order valence-corrected chi connectivity index (χ3v) is 4.56. The van der Waals surface area contributed by atoms with E-state index >= 15 is 0 Å². The van der Waals surface area contributed by atoms with E-state index in [9.17, 15) is 9.18 Å². The second kappa shape index (κ2) is 6.02. The SMILES string of the molecule is CC1(C)CC2(CC(c3ccc(F)cc3)=C1C=CC=O)OCCO2. The molecular formula is C19H21FO3. The largest absolute Gasteiger partial charge is 0.347 e. The maximum Gasteiger partial charge on any atom is 0.173 e. The number of carbonyl (C=O) groups excluding carboxylic acids is 1. The smallest absolute Gasteiger partial charge is 0.173 e. The van der Waals surface area contributed by atoms with Gasteiger partial charge < -0.3 is 9.47 Å². The van der Waals surface area contributed by atoms with E-state index < -0.39 is 5.79 Å². The van der Waals surface area contributed by atoms with Gasteiger partial charge in [-0.05, 0) is 40.3 Å². The first-order chi connectivity index (χ1) is 11.0. The van der Waals surface area contributed by atoms with Crippen molar-refractivity contribution in [2.24, 2.45) is 5.41 Å². The van der Waals surface area contributed by atoms with Crippen LogP contribution in [0.5, 0.6) is 0 Å². The summed E-state index contributed by atoms with van der Waals surface area (Å²) in [5.74, 6) is -0.886. The van der Waals surface area contributed by atoms with E-state index in [0.29, 0.717) is 19.6 Å². The Hall–Kier alpha value is -1.78. The molecule has 0 unspecified atom stereocenters. The van der Waals surface area contributed by atoms with E-state index in [1.807, 2.05) is 6.08 Å². The van der Waals surface area contributed by atoms with Crippen LogP contribution in [0.4, 0.5) is 4.39 Å². The zero-order valence-electron chi connectivity index (χ0n) is 13.5. The Labute approximate surface area is 135 Å². The van der Waals surface area contributed by atoms with Crippen molar-refractivity contribution in [2.45, 2.75) is 32.5 Å². The van der Waals surface area contributed by atoms with E-state index in [2.05, 4.69) is 13.8 Å². The van der Waals surface area contributed by atoms with Crippen LogP contribution in [0.25, 0.3) is 5.57 Å². The number of carbonyl (C=O) groups is 1. The molecule has 0 amide bonds. The molecule has 0 saturated carbocycles. The number of benzene rings is 1. The first-order valence-corrected chi connectivity index (χ1v) is 7.85. The zero-order valence-corrected chi connectivity index (χ0v) is 13.5. The van der Waals surface area contributed by atoms with Crippen molar-refractivity contribution in [3.8, 4) is 0 Å². The van der Waals surface area contributed by atoms with Crippen LogP contribution in [0.15, 0.2) is 42.0 Å². The lowest BCUT2D eigenvalue weighted by Gasteiger charge is -2.43. The second-order valence-corrected chi connectivity index (χ2v) is 6.74. The molecule has 0 atom stereocenters. The Morgan fingerprint density at radius 2 is 1.78 bits per heavy atom. The maximum atomic E-state index is 13.3. The van der Waals surface area contributed by atoms with Crippen LogP contribution in [0.2, 0.25) is 0 Å². The number of rotatable bonds is 3. The summed E-state index contributed by atoms with van der Waals surface area (Å²) in [5.41, 5.74) is 2.83. The molecule has 0 aromatic heterocycles. The zero-order chi connectivity index (χ0) is 16.5. The van der Waals surface area contributed by atoms with Gasteiger partial charge in [-0.15, -0.1) is 0 Å². The Morgan fingerprint density at radius 1 is 1.13 bits per heavy atom. The Bertz CT molecular complexity index is 650. The summed E-state index contributed by atoms with van der Waals surface area (Å²) in [4.78, 5) is 10.8. The van der Waals surface area contributed by atoms with Gasteiger partial charge in [0.15, 0.2) is 5.79 Å². The van der Waals surface area contributed by atoms with Crippen LogP contribution >= 0.6 is 0 Å². The number of allylic oxidation sites excluding steroid dienone is 3. The summed E-state index contributed by atoms with van der Waals surface area (Å²) in [5, 5.41) is 0. The highest BCUT2D eigenvalue weighted by Gasteiger charge is 2.47. The average Bonchev–Trinajstić information content (AvgIpc) is 2.93. The van der Waals surface area contributed by atoms with E-state index in [4.69, 9.17) is 9.47 Å². The van der Waals surface area contributed by atoms with Crippen molar-refractivity contribution < 1.29 is 18.7 Å². The monoisotopic (exact) mass is 316 g/mol. The molecule has 4 heteroatoms. The minimum absolute atomic E-state index is 0.216. The molecule has 1 fully saturated rings. The molecule has 0 radical (unpaired) electrons. The molecule has 23 heavy (non-hydrogen) atoms. The molecule has 1 saturated heterocycles. The van der Waals surface area contributed by atoms with Crippen LogP contribution in [0.1, 0.15) is 32.3 Å². The van der Waals surface area contributed by atoms with Gasteiger partial charge in [-0.2, -0.15) is 0 Å². The highest BCUT2D eigenvalue weighted by atomic mass is 19.1. The number of aldehydes is 1. The van der Waals surface area contributed by atoms with Crippen LogP contribution in [0, 0.1) is 11.2 Å². The van der Waals surface area contributed by atoms with Crippen LogP contribution in [0.3, 0.4) is 0 Å². The van der Waals surface area contributed by atoms with Crippen molar-refractivity contribution in [3.05, 3.63) is 53.4 Å². The topological polar surface area (TPSA) is 35.5 Å². The van der Waals surface area contributed by atoms with E-state index in [1.165, 1.54) is 18.2 Å². The average molecular weight is 316 g/mol. The van der Waals surface area contributed by atoms with Gasteiger partial charge in [0, 0.05) is 12.8 Å². The van der Waals surface area contributed by atoms with Gasteiger partial charge in [-0.25, -0.2) is 4.39 Å². The molecule has 2 aliphatic rings. The summed E-state index contributed by atoms with van der Waals surface area (Å²) in [6, 6.07) is 6.44. The predicted molar refractivity (Wildman–Crippen MR) is 86.2 cm³/mol. The molecule has 0 bridgehead atoms. The van der Waals surface area contributed by atoms with Gasteiger partial charge >= 0.3 is 0 Å². The van der Waals surface area contributed by atoms with Gasteiger partial charge in [0.05, 0.1) is 13.2 Å². The number of hydrogen-bond acceptors (Lipinski definition) is 3. The molecule has 1 spiro atoms. The van der Waals surface area contributed by atoms with Crippen molar-refractivity contribution >= 4 is 11.9 Å². The maximum absolute atomic E-state index is 13.3. The number of hydrogen-bond donors (Lipinski definition) is 0. The first kappa shape index (κ1) is 16.1. The fraction of sp³-hybridized carbons (Fsp3) is 0.421. The van der Waals surface area contributed by atoms with Crippen LogP contribution < -0.4 is 0 Å². The van der Waals surface area contributed by atoms with Gasteiger partial charge in [0.2, 0.25) is 0 Å². The van der Waals surface area contributed by atoms with Gasteiger partial charge in [0.25, 0.3) is 0 Å². The molecular weight excluding hydrogens is 295 g/mol. The van der Waals surface area contributed by atoms with Crippen LogP contribution in [-0.4, -0.2) is 25.3 Å². The first-order valence-electron chi connectivity index (χ1n) is 7.85. The molecule has 0 N–H and O–H groups in total. The third-order valence-electron chi connectivity index (χ3n) is 4.56. The summed E-state index contributed by atoms with van der Waals surface area (Å²) in [6.45, 7) is 5.42. The van der Waals surface area contributed by atoms with E-state index in [1.54, 1.807) is 12.1 Å². The summed E-state index contributed by atoms with van der Waals surface area (Å²) >= 11 is 0. The van der Waals surface area contributed by atoms with Gasteiger partial charge in [-0.3, -0.25) is 4.79 Å². The van der Waals surface area contributed by atoms with Crippen molar-refractivity contribution in [1.29, 1.82) is 0 Å². The van der Waals surface area contributed by atoms with Gasteiger partial charge in [-0.1, -0.05) is 32.1 Å². The normalized spacial score (nSPS) is 22.9. The predicted octanol–water partition coefficient (Wildman–Crippen LogP) is 3.90. The third kappa shape index (κ3) is 3.14. The molecule has 1 heterocycles. The van der Waals surface area contributed by atoms with Crippen LogP contribution in [-0.2, 0) is 14.3 Å². The van der Waals surface area contributed by atoms with Crippen molar-refractivity contribution in [2.75, 3.05) is 13.2 Å². The Balaban J connectivity index is 2.12. The van der Waals surface area contributed by atoms with Crippen molar-refractivity contribution in [3.63, 3.8) is 0 Å². The Morgan fingerprint density at radius 3 is 2.39 bits per heavy atom. The summed E-state index contributed by atoms with van der Waals surface area (Å²) in [6.07, 6.45) is 5.46. The molecule has 1 aromatic carbocycles. The number of ether oxygens (including phenoxy) is 2. The second-order valence-electron chi connectivity index (χ2n) is 6.74. The van der Waals surface area contributed by atoms with Crippen molar-refractivity contribution in [1.82, 2.24) is 0 Å². The van der Waals surface area contributed by atoms with Gasteiger partial charge in [0.1, 0.15) is 12.1 Å². The molecule has 1 aromatic rings. The van der Waals surface area contributed by atoms with E-state index in [-0.39, 0.29) is 11.2 Å². The Kier molecular flexibility index (Phi) is 4.21. The molecule has 1 aliphatic heterocycles. The number of halogens is 1. The molecule has 1 aliphatic carbocycles. The lowest BCUT2D eigenvalue weighted by Crippen LogP contribution is -2.41. The summed E-state index contributed by atoms with van der Waals surface area (Å²) in [7, 11) is 0. The molecule has 3 nitrogen and oxygen atoms in total. The lowest BCUT2D eigenvalue weighted by atomic mass is 9.68. The molecule has 122 valence electrons. The highest BCUT2D eigenvalue weighted by Crippen LogP contribution is 2.51. The highest BCUT2D eigenvalue weighted by molar-refractivity contribution is 5.76. The van der Waals surface area contributed by atoms with E-state index in [0.717, 1.165) is 29.4 Å². The standard InChI is InChI=1S/C19H21FO3/c1-18(2)13-19(22-10-11-23-19)12-16(17(18)4-3-9-21)14-5-7-15(20)8-6-14/h3-9H,10-13H2,1-2H3. The quantitative estimate of drug-likeness (QED) is 0.627.